The van der Waals surface area contributed by atoms with Crippen LogP contribution < -0.4 is 10.5 Å². The molecule has 98 valence electrons. The van der Waals surface area contributed by atoms with E-state index >= 15 is 0 Å². The summed E-state index contributed by atoms with van der Waals surface area (Å²) in [5.41, 5.74) is 5.65. The molecule has 5 nitrogen and oxygen atoms in total. The van der Waals surface area contributed by atoms with Gasteiger partial charge in [0.15, 0.2) is 0 Å². The summed E-state index contributed by atoms with van der Waals surface area (Å²) >= 11 is 0. The number of nitrogen functional groups attached to an aromatic ring is 1. The van der Waals surface area contributed by atoms with E-state index in [-0.39, 0.29) is 22.9 Å². The minimum absolute atomic E-state index is 0.0151. The average molecular weight is 262 g/mol. The SMILES string of the molecule is Cc1cc(Oc2cccc(N)c2[N+](=O)[O-])ccc1F. The largest absolute Gasteiger partial charge is 0.450 e. The molecular weight excluding hydrogens is 251 g/mol. The Hall–Kier alpha value is -2.63. The average Bonchev–Trinajstić information content (AvgIpc) is 2.33. The van der Waals surface area contributed by atoms with Gasteiger partial charge in [0.25, 0.3) is 0 Å². The van der Waals surface area contributed by atoms with E-state index in [1.165, 1.54) is 30.3 Å². The molecule has 6 heteroatoms. The van der Waals surface area contributed by atoms with E-state index in [0.717, 1.165) is 0 Å². The summed E-state index contributed by atoms with van der Waals surface area (Å²) < 4.78 is 18.5. The number of ether oxygens (including phenoxy) is 1. The maximum atomic E-state index is 13.1. The molecule has 0 saturated heterocycles. The number of halogens is 1. The number of nitrogens with two attached hydrogens (primary N) is 1. The first-order chi connectivity index (χ1) is 8.99. The molecule has 2 rings (SSSR count). The van der Waals surface area contributed by atoms with Crippen LogP contribution in [0.1, 0.15) is 5.56 Å². The third kappa shape index (κ3) is 2.62. The van der Waals surface area contributed by atoms with E-state index < -0.39 is 4.92 Å². The summed E-state index contributed by atoms with van der Waals surface area (Å²) in [7, 11) is 0. The van der Waals surface area contributed by atoms with Crippen molar-refractivity contribution in [3.63, 3.8) is 0 Å². The molecule has 0 bridgehead atoms. The van der Waals surface area contributed by atoms with Crippen LogP contribution in [0.5, 0.6) is 11.5 Å². The quantitative estimate of drug-likeness (QED) is 0.522. The van der Waals surface area contributed by atoms with Crippen LogP contribution in [-0.2, 0) is 0 Å². The number of nitro groups is 1. The van der Waals surface area contributed by atoms with Crippen molar-refractivity contribution in [1.29, 1.82) is 0 Å². The van der Waals surface area contributed by atoms with Crippen molar-refractivity contribution >= 4 is 11.4 Å². The Morgan fingerprint density at radius 3 is 2.68 bits per heavy atom. The van der Waals surface area contributed by atoms with E-state index in [9.17, 15) is 14.5 Å². The molecule has 19 heavy (non-hydrogen) atoms. The number of hydrogen-bond donors (Lipinski definition) is 1. The number of para-hydroxylation sites is 1. The highest BCUT2D eigenvalue weighted by Crippen LogP contribution is 2.35. The van der Waals surface area contributed by atoms with Crippen LogP contribution in [-0.4, -0.2) is 4.92 Å². The van der Waals surface area contributed by atoms with Crippen molar-refractivity contribution in [1.82, 2.24) is 0 Å². The Labute approximate surface area is 108 Å². The Bertz CT molecular complexity index is 644. The molecule has 0 spiro atoms. The summed E-state index contributed by atoms with van der Waals surface area (Å²) in [6.07, 6.45) is 0. The predicted molar refractivity (Wildman–Crippen MR) is 68.7 cm³/mol. The van der Waals surface area contributed by atoms with Gasteiger partial charge in [-0.05, 0) is 42.8 Å². The van der Waals surface area contributed by atoms with E-state index in [0.29, 0.717) is 11.3 Å². The van der Waals surface area contributed by atoms with Crippen LogP contribution in [0, 0.1) is 22.9 Å². The molecule has 2 N–H and O–H groups in total. The van der Waals surface area contributed by atoms with Gasteiger partial charge in [0.1, 0.15) is 17.3 Å². The van der Waals surface area contributed by atoms with E-state index in [2.05, 4.69) is 0 Å². The molecule has 0 aliphatic rings. The third-order valence-electron chi connectivity index (χ3n) is 2.57. The highest BCUT2D eigenvalue weighted by Gasteiger charge is 2.19. The van der Waals surface area contributed by atoms with Gasteiger partial charge in [-0.15, -0.1) is 0 Å². The lowest BCUT2D eigenvalue weighted by Gasteiger charge is -2.08. The zero-order valence-electron chi connectivity index (χ0n) is 10.1. The molecule has 2 aromatic carbocycles. The van der Waals surface area contributed by atoms with E-state index in [1.54, 1.807) is 13.0 Å². The Kier molecular flexibility index (Phi) is 3.33. The van der Waals surface area contributed by atoms with Gasteiger partial charge < -0.3 is 10.5 Å². The Morgan fingerprint density at radius 1 is 1.32 bits per heavy atom. The molecule has 0 aliphatic heterocycles. The minimum Gasteiger partial charge on any atom is -0.450 e. The van der Waals surface area contributed by atoms with Crippen LogP contribution in [0.3, 0.4) is 0 Å². The second-order valence-electron chi connectivity index (χ2n) is 3.96. The minimum atomic E-state index is -0.610. The number of hydrogen-bond acceptors (Lipinski definition) is 4. The first kappa shape index (κ1) is 12.8. The molecule has 0 radical (unpaired) electrons. The summed E-state index contributed by atoms with van der Waals surface area (Å²) in [5.74, 6) is -0.0296. The Morgan fingerprint density at radius 2 is 2.05 bits per heavy atom. The number of benzene rings is 2. The highest BCUT2D eigenvalue weighted by atomic mass is 19.1. The van der Waals surface area contributed by atoms with Crippen LogP contribution in [0.15, 0.2) is 36.4 Å². The number of nitrogens with zero attached hydrogens (tertiary/aromatic N) is 1. The molecular formula is C13H11FN2O3. The van der Waals surface area contributed by atoms with Gasteiger partial charge in [0, 0.05) is 0 Å². The summed E-state index contributed by atoms with van der Waals surface area (Å²) in [4.78, 5) is 10.3. The topological polar surface area (TPSA) is 78.4 Å². The molecule has 0 amide bonds. The molecule has 0 saturated carbocycles. The molecule has 0 heterocycles. The van der Waals surface area contributed by atoms with Crippen LogP contribution >= 0.6 is 0 Å². The van der Waals surface area contributed by atoms with Crippen molar-refractivity contribution in [3.8, 4) is 11.5 Å². The number of anilines is 1. The van der Waals surface area contributed by atoms with E-state index in [4.69, 9.17) is 10.5 Å². The van der Waals surface area contributed by atoms with Crippen molar-refractivity contribution < 1.29 is 14.1 Å². The smallest absolute Gasteiger partial charge is 0.334 e. The predicted octanol–water partition coefficient (Wildman–Crippen LogP) is 3.42. The second kappa shape index (κ2) is 4.93. The molecule has 0 unspecified atom stereocenters. The number of rotatable bonds is 3. The van der Waals surface area contributed by atoms with Crippen LogP contribution in [0.4, 0.5) is 15.8 Å². The van der Waals surface area contributed by atoms with Crippen LogP contribution in [0.25, 0.3) is 0 Å². The molecule has 0 aromatic heterocycles. The first-order valence-corrected chi connectivity index (χ1v) is 5.46. The number of aryl methyl sites for hydroxylation is 1. The normalized spacial score (nSPS) is 10.2. The third-order valence-corrected chi connectivity index (χ3v) is 2.57. The van der Waals surface area contributed by atoms with Crippen molar-refractivity contribution in [2.24, 2.45) is 0 Å². The lowest BCUT2D eigenvalue weighted by atomic mass is 10.2. The maximum Gasteiger partial charge on any atom is 0.334 e. The molecule has 0 fully saturated rings. The molecule has 2 aromatic rings. The lowest BCUT2D eigenvalue weighted by molar-refractivity contribution is -0.384. The van der Waals surface area contributed by atoms with Crippen molar-refractivity contribution in [3.05, 3.63) is 57.9 Å². The fourth-order valence-corrected chi connectivity index (χ4v) is 1.62. The van der Waals surface area contributed by atoms with Gasteiger partial charge in [0.05, 0.1) is 4.92 Å². The first-order valence-electron chi connectivity index (χ1n) is 5.46. The fourth-order valence-electron chi connectivity index (χ4n) is 1.62. The molecule has 0 aliphatic carbocycles. The van der Waals surface area contributed by atoms with Crippen molar-refractivity contribution in [2.75, 3.05) is 5.73 Å². The zero-order chi connectivity index (χ0) is 14.0. The standard InChI is InChI=1S/C13H11FN2O3/c1-8-7-9(5-6-10(8)14)19-12-4-2-3-11(15)13(12)16(17)18/h2-7H,15H2,1H3. The summed E-state index contributed by atoms with van der Waals surface area (Å²) in [6.45, 7) is 1.58. The summed E-state index contributed by atoms with van der Waals surface area (Å²) in [5, 5.41) is 10.9. The van der Waals surface area contributed by atoms with E-state index in [1.807, 2.05) is 0 Å². The van der Waals surface area contributed by atoms with Gasteiger partial charge in [0.2, 0.25) is 5.75 Å². The van der Waals surface area contributed by atoms with Gasteiger partial charge in [-0.2, -0.15) is 0 Å². The Balaban J connectivity index is 2.40. The monoisotopic (exact) mass is 262 g/mol. The fraction of sp³-hybridized carbons (Fsp3) is 0.0769. The van der Waals surface area contributed by atoms with Crippen LogP contribution in [0.2, 0.25) is 0 Å². The number of nitro benzene ring substituents is 1. The maximum absolute atomic E-state index is 13.1. The van der Waals surface area contributed by atoms with Crippen molar-refractivity contribution in [2.45, 2.75) is 6.92 Å². The van der Waals surface area contributed by atoms with Gasteiger partial charge in [-0.1, -0.05) is 6.07 Å². The second-order valence-corrected chi connectivity index (χ2v) is 3.96. The zero-order valence-corrected chi connectivity index (χ0v) is 10.1. The van der Waals surface area contributed by atoms with Gasteiger partial charge in [-0.25, -0.2) is 4.39 Å². The summed E-state index contributed by atoms with van der Waals surface area (Å²) in [6, 6.07) is 8.50. The highest BCUT2D eigenvalue weighted by molar-refractivity contribution is 5.66. The lowest BCUT2D eigenvalue weighted by Crippen LogP contribution is -1.98. The molecule has 0 atom stereocenters. The van der Waals surface area contributed by atoms with Gasteiger partial charge >= 0.3 is 5.69 Å². The van der Waals surface area contributed by atoms with Gasteiger partial charge in [-0.3, -0.25) is 10.1 Å².